The van der Waals surface area contributed by atoms with Crippen molar-refractivity contribution in [1.29, 1.82) is 0 Å². The van der Waals surface area contributed by atoms with E-state index in [1.165, 1.54) is 5.56 Å². The Morgan fingerprint density at radius 1 is 1.20 bits per heavy atom. The van der Waals surface area contributed by atoms with Gasteiger partial charge in [0.2, 0.25) is 5.91 Å². The molecule has 4 nitrogen and oxygen atoms in total. The summed E-state index contributed by atoms with van der Waals surface area (Å²) in [6.07, 6.45) is 7.17. The van der Waals surface area contributed by atoms with Crippen LogP contribution in [0.25, 0.3) is 0 Å². The van der Waals surface area contributed by atoms with E-state index in [0.717, 1.165) is 43.7 Å². The molecular formula is C21H26N2O2. The summed E-state index contributed by atoms with van der Waals surface area (Å²) in [4.78, 5) is 18.6. The van der Waals surface area contributed by atoms with Gasteiger partial charge in [0.25, 0.3) is 0 Å². The van der Waals surface area contributed by atoms with Gasteiger partial charge < -0.3 is 9.64 Å². The molecule has 3 rings (SSSR count). The second-order valence-corrected chi connectivity index (χ2v) is 6.75. The monoisotopic (exact) mass is 338 g/mol. The summed E-state index contributed by atoms with van der Waals surface area (Å²) in [6, 6.07) is 12.0. The van der Waals surface area contributed by atoms with E-state index in [1.807, 2.05) is 29.2 Å². The third-order valence-corrected chi connectivity index (χ3v) is 5.00. The highest BCUT2D eigenvalue weighted by Gasteiger charge is 2.23. The number of carbonyl (C=O) groups excluding carboxylic acids is 1. The molecule has 1 aliphatic rings. The van der Waals surface area contributed by atoms with Crippen molar-refractivity contribution in [2.45, 2.75) is 32.6 Å². The number of likely N-dealkylation sites (tertiary alicyclic amines) is 1. The van der Waals surface area contributed by atoms with Gasteiger partial charge in [-0.25, -0.2) is 0 Å². The quantitative estimate of drug-likeness (QED) is 0.807. The molecule has 1 aromatic heterocycles. The highest BCUT2D eigenvalue weighted by atomic mass is 16.5. The highest BCUT2D eigenvalue weighted by Crippen LogP contribution is 2.22. The van der Waals surface area contributed by atoms with Gasteiger partial charge in [-0.15, -0.1) is 0 Å². The molecular weight excluding hydrogens is 312 g/mol. The van der Waals surface area contributed by atoms with Crippen LogP contribution in [0.3, 0.4) is 0 Å². The molecule has 1 fully saturated rings. The van der Waals surface area contributed by atoms with Gasteiger partial charge in [-0.1, -0.05) is 24.3 Å². The molecule has 4 heteroatoms. The zero-order chi connectivity index (χ0) is 17.5. The Morgan fingerprint density at radius 2 is 2.00 bits per heavy atom. The van der Waals surface area contributed by atoms with Crippen LogP contribution in [0.2, 0.25) is 0 Å². The number of aromatic nitrogens is 1. The highest BCUT2D eigenvalue weighted by molar-refractivity contribution is 5.79. The maximum atomic E-state index is 12.5. The lowest BCUT2D eigenvalue weighted by Crippen LogP contribution is -2.39. The molecule has 1 aromatic carbocycles. The molecule has 1 saturated heterocycles. The molecule has 1 amide bonds. The van der Waals surface area contributed by atoms with E-state index >= 15 is 0 Å². The van der Waals surface area contributed by atoms with E-state index in [2.05, 4.69) is 24.0 Å². The van der Waals surface area contributed by atoms with Crippen molar-refractivity contribution in [2.75, 3.05) is 19.7 Å². The van der Waals surface area contributed by atoms with E-state index in [0.29, 0.717) is 18.9 Å². The van der Waals surface area contributed by atoms with Crippen LogP contribution in [-0.2, 0) is 11.2 Å². The van der Waals surface area contributed by atoms with Gasteiger partial charge in [0.15, 0.2) is 0 Å². The second kappa shape index (κ2) is 8.65. The Hall–Kier alpha value is -2.36. The number of piperidine rings is 1. The Kier molecular flexibility index (Phi) is 6.04. The van der Waals surface area contributed by atoms with Crippen molar-refractivity contribution in [1.82, 2.24) is 9.88 Å². The van der Waals surface area contributed by atoms with Crippen LogP contribution in [-0.4, -0.2) is 35.5 Å². The molecule has 132 valence electrons. The fraction of sp³-hybridized carbons (Fsp3) is 0.429. The molecule has 2 heterocycles. The third kappa shape index (κ3) is 5.05. The van der Waals surface area contributed by atoms with Crippen LogP contribution in [0.1, 0.15) is 30.4 Å². The van der Waals surface area contributed by atoms with Crippen LogP contribution >= 0.6 is 0 Å². The van der Waals surface area contributed by atoms with Crippen molar-refractivity contribution in [3.05, 3.63) is 59.9 Å². The molecule has 0 spiro atoms. The molecule has 0 unspecified atom stereocenters. The Morgan fingerprint density at radius 3 is 2.72 bits per heavy atom. The van der Waals surface area contributed by atoms with Crippen LogP contribution < -0.4 is 4.74 Å². The predicted molar refractivity (Wildman–Crippen MR) is 98.5 cm³/mol. The van der Waals surface area contributed by atoms with E-state index in [-0.39, 0.29) is 5.91 Å². The van der Waals surface area contributed by atoms with Crippen LogP contribution in [0, 0.1) is 12.8 Å². The van der Waals surface area contributed by atoms with Crippen molar-refractivity contribution in [3.63, 3.8) is 0 Å². The fourth-order valence-electron chi connectivity index (χ4n) is 3.33. The number of benzene rings is 1. The number of amides is 1. The number of carbonyl (C=O) groups is 1. The van der Waals surface area contributed by atoms with Crippen molar-refractivity contribution in [3.8, 4) is 5.75 Å². The van der Waals surface area contributed by atoms with Gasteiger partial charge in [0.1, 0.15) is 5.75 Å². The summed E-state index contributed by atoms with van der Waals surface area (Å²) < 4.78 is 5.73. The number of nitrogens with zero attached hydrogens (tertiary/aromatic N) is 2. The van der Waals surface area contributed by atoms with Crippen LogP contribution in [0.5, 0.6) is 5.75 Å². The SMILES string of the molecule is Cc1ccccc1CC(=O)N1CCC(CCOc2cccnc2)CC1. The van der Waals surface area contributed by atoms with Gasteiger partial charge >= 0.3 is 0 Å². The number of hydrogen-bond acceptors (Lipinski definition) is 3. The standard InChI is InChI=1S/C21H26N2O2/c1-17-5-2-3-6-19(17)15-21(24)23-12-8-18(9-13-23)10-14-25-20-7-4-11-22-16-20/h2-7,11,16,18H,8-10,12-15H2,1H3. The van der Waals surface area contributed by atoms with Gasteiger partial charge in [-0.05, 0) is 55.4 Å². The first kappa shape index (κ1) is 17.5. The summed E-state index contributed by atoms with van der Waals surface area (Å²) >= 11 is 0. The molecule has 0 atom stereocenters. The number of ether oxygens (including phenoxy) is 1. The van der Waals surface area contributed by atoms with Gasteiger partial charge in [-0.3, -0.25) is 9.78 Å². The minimum absolute atomic E-state index is 0.249. The Labute approximate surface area is 149 Å². The number of aryl methyl sites for hydroxylation is 1. The number of pyridine rings is 1. The molecule has 0 aliphatic carbocycles. The number of rotatable bonds is 6. The summed E-state index contributed by atoms with van der Waals surface area (Å²) in [5, 5.41) is 0. The van der Waals surface area contributed by atoms with E-state index in [4.69, 9.17) is 4.74 Å². The van der Waals surface area contributed by atoms with E-state index < -0.39 is 0 Å². The van der Waals surface area contributed by atoms with Crippen molar-refractivity contribution >= 4 is 5.91 Å². The first-order chi connectivity index (χ1) is 12.2. The third-order valence-electron chi connectivity index (χ3n) is 5.00. The number of hydrogen-bond donors (Lipinski definition) is 0. The molecule has 25 heavy (non-hydrogen) atoms. The Bertz CT molecular complexity index is 679. The minimum Gasteiger partial charge on any atom is -0.492 e. The zero-order valence-electron chi connectivity index (χ0n) is 14.9. The maximum Gasteiger partial charge on any atom is 0.226 e. The average molecular weight is 338 g/mol. The average Bonchev–Trinajstić information content (AvgIpc) is 2.65. The first-order valence-electron chi connectivity index (χ1n) is 9.07. The van der Waals surface area contributed by atoms with Crippen LogP contribution in [0.4, 0.5) is 0 Å². The maximum absolute atomic E-state index is 12.5. The first-order valence-corrected chi connectivity index (χ1v) is 9.07. The van der Waals surface area contributed by atoms with Crippen molar-refractivity contribution in [2.24, 2.45) is 5.92 Å². The molecule has 0 saturated carbocycles. The zero-order valence-corrected chi connectivity index (χ0v) is 14.9. The molecule has 0 N–H and O–H groups in total. The van der Waals surface area contributed by atoms with Gasteiger partial charge in [0, 0.05) is 19.3 Å². The van der Waals surface area contributed by atoms with Gasteiger partial charge in [-0.2, -0.15) is 0 Å². The second-order valence-electron chi connectivity index (χ2n) is 6.75. The van der Waals surface area contributed by atoms with Crippen molar-refractivity contribution < 1.29 is 9.53 Å². The summed E-state index contributed by atoms with van der Waals surface area (Å²) in [7, 11) is 0. The smallest absolute Gasteiger partial charge is 0.226 e. The molecule has 1 aliphatic heterocycles. The molecule has 2 aromatic rings. The van der Waals surface area contributed by atoms with Gasteiger partial charge in [0.05, 0.1) is 19.2 Å². The van der Waals surface area contributed by atoms with E-state index in [1.54, 1.807) is 12.4 Å². The normalized spacial score (nSPS) is 15.2. The summed E-state index contributed by atoms with van der Waals surface area (Å²) in [6.45, 7) is 4.51. The molecule has 0 radical (unpaired) electrons. The lowest BCUT2D eigenvalue weighted by Gasteiger charge is -2.32. The summed E-state index contributed by atoms with van der Waals surface area (Å²) in [5.41, 5.74) is 2.33. The van der Waals surface area contributed by atoms with Crippen LogP contribution in [0.15, 0.2) is 48.8 Å². The minimum atomic E-state index is 0.249. The predicted octanol–water partition coefficient (Wildman–Crippen LogP) is 3.64. The van der Waals surface area contributed by atoms with E-state index in [9.17, 15) is 4.79 Å². The lowest BCUT2D eigenvalue weighted by molar-refractivity contribution is -0.131. The molecule has 0 bridgehead atoms. The largest absolute Gasteiger partial charge is 0.492 e. The fourth-order valence-corrected chi connectivity index (χ4v) is 3.33. The summed E-state index contributed by atoms with van der Waals surface area (Å²) in [5.74, 6) is 1.71. The topological polar surface area (TPSA) is 42.4 Å². The lowest BCUT2D eigenvalue weighted by atomic mass is 9.93. The Balaban J connectivity index is 1.39.